The molecule has 0 amide bonds. The molecule has 0 aliphatic carbocycles. The normalized spacial score (nSPS) is 11.0. The van der Waals surface area contributed by atoms with Crippen LogP contribution in [0.2, 0.25) is 10.0 Å². The summed E-state index contributed by atoms with van der Waals surface area (Å²) in [5.74, 6) is 0.737. The summed E-state index contributed by atoms with van der Waals surface area (Å²) in [6.07, 6.45) is 1.19. The number of halogens is 2. The lowest BCUT2D eigenvalue weighted by Gasteiger charge is -2.07. The van der Waals surface area contributed by atoms with Gasteiger partial charge in [-0.05, 0) is 42.6 Å². The Morgan fingerprint density at radius 2 is 1.73 bits per heavy atom. The molecule has 0 saturated heterocycles. The van der Waals surface area contributed by atoms with Crippen molar-refractivity contribution in [2.45, 2.75) is 26.8 Å². The lowest BCUT2D eigenvalue weighted by atomic mass is 10.1. The first-order chi connectivity index (χ1) is 7.08. The molecular weight excluding hydrogens is 229 g/mol. The number of hydrogen-bond acceptors (Lipinski definition) is 1. The van der Waals surface area contributed by atoms with Crippen LogP contribution in [-0.2, 0) is 6.54 Å². The Morgan fingerprint density at radius 3 is 2.27 bits per heavy atom. The summed E-state index contributed by atoms with van der Waals surface area (Å²) >= 11 is 11.8. The van der Waals surface area contributed by atoms with Crippen molar-refractivity contribution in [1.29, 1.82) is 0 Å². The largest absolute Gasteiger partial charge is 0.313 e. The molecule has 3 heteroatoms. The van der Waals surface area contributed by atoms with E-state index in [0.717, 1.165) is 24.6 Å². The fraction of sp³-hybridized carbons (Fsp3) is 0.500. The second-order valence-electron chi connectivity index (χ2n) is 4.14. The van der Waals surface area contributed by atoms with Gasteiger partial charge in [-0.3, -0.25) is 0 Å². The minimum Gasteiger partial charge on any atom is -0.313 e. The van der Waals surface area contributed by atoms with E-state index in [1.807, 2.05) is 12.1 Å². The number of nitrogens with one attached hydrogen (secondary N) is 1. The molecule has 0 fully saturated rings. The maximum Gasteiger partial charge on any atom is 0.0424 e. The predicted octanol–water partition coefficient (Wildman–Crippen LogP) is 4.13. The Kier molecular flexibility index (Phi) is 5.44. The molecule has 0 aliphatic rings. The lowest BCUT2D eigenvalue weighted by Crippen LogP contribution is -2.16. The molecule has 1 N–H and O–H groups in total. The van der Waals surface area contributed by atoms with E-state index in [9.17, 15) is 0 Å². The molecule has 1 rings (SSSR count). The molecule has 1 nitrogen and oxygen atoms in total. The van der Waals surface area contributed by atoms with Crippen LogP contribution in [0, 0.1) is 5.92 Å². The van der Waals surface area contributed by atoms with Crippen LogP contribution in [0.3, 0.4) is 0 Å². The fourth-order valence-electron chi connectivity index (χ4n) is 1.34. The minimum absolute atomic E-state index is 0.697. The molecule has 1 aromatic rings. The maximum atomic E-state index is 5.90. The van der Waals surface area contributed by atoms with Gasteiger partial charge in [0.05, 0.1) is 0 Å². The summed E-state index contributed by atoms with van der Waals surface area (Å²) in [7, 11) is 0. The second-order valence-corrected chi connectivity index (χ2v) is 5.01. The van der Waals surface area contributed by atoms with Crippen molar-refractivity contribution in [2.75, 3.05) is 6.54 Å². The average Bonchev–Trinajstić information content (AvgIpc) is 2.10. The second kappa shape index (κ2) is 6.37. The standard InChI is InChI=1S/C12H17Cl2N/c1-9(2)3-4-15-8-10-5-11(13)7-12(14)6-10/h5-7,9,15H,3-4,8H2,1-2H3. The van der Waals surface area contributed by atoms with Crippen LogP contribution < -0.4 is 5.32 Å². The monoisotopic (exact) mass is 245 g/mol. The first-order valence-corrected chi connectivity index (χ1v) is 5.99. The first-order valence-electron chi connectivity index (χ1n) is 5.23. The molecule has 0 aromatic heterocycles. The summed E-state index contributed by atoms with van der Waals surface area (Å²) in [4.78, 5) is 0. The van der Waals surface area contributed by atoms with Gasteiger partial charge in [-0.1, -0.05) is 37.0 Å². The topological polar surface area (TPSA) is 12.0 Å². The van der Waals surface area contributed by atoms with E-state index in [1.165, 1.54) is 6.42 Å². The van der Waals surface area contributed by atoms with Crippen molar-refractivity contribution in [3.63, 3.8) is 0 Å². The highest BCUT2D eigenvalue weighted by Crippen LogP contribution is 2.18. The number of benzene rings is 1. The maximum absolute atomic E-state index is 5.90. The fourth-order valence-corrected chi connectivity index (χ4v) is 1.91. The van der Waals surface area contributed by atoms with Gasteiger partial charge in [0.2, 0.25) is 0 Å². The highest BCUT2D eigenvalue weighted by atomic mass is 35.5. The van der Waals surface area contributed by atoms with E-state index in [-0.39, 0.29) is 0 Å². The third kappa shape index (κ3) is 5.41. The van der Waals surface area contributed by atoms with Gasteiger partial charge in [0, 0.05) is 16.6 Å². The van der Waals surface area contributed by atoms with E-state index >= 15 is 0 Å². The number of hydrogen-bond donors (Lipinski definition) is 1. The zero-order valence-electron chi connectivity index (χ0n) is 9.19. The molecule has 0 unspecified atom stereocenters. The van der Waals surface area contributed by atoms with Crippen molar-refractivity contribution in [3.8, 4) is 0 Å². The van der Waals surface area contributed by atoms with Crippen LogP contribution in [-0.4, -0.2) is 6.54 Å². The molecule has 84 valence electrons. The highest BCUT2D eigenvalue weighted by molar-refractivity contribution is 6.34. The Hall–Kier alpha value is -0.240. The number of rotatable bonds is 5. The van der Waals surface area contributed by atoms with Crippen LogP contribution in [0.4, 0.5) is 0 Å². The first kappa shape index (κ1) is 12.8. The molecule has 0 bridgehead atoms. The molecule has 0 aliphatic heterocycles. The van der Waals surface area contributed by atoms with Crippen molar-refractivity contribution < 1.29 is 0 Å². The zero-order chi connectivity index (χ0) is 11.3. The zero-order valence-corrected chi connectivity index (χ0v) is 10.7. The van der Waals surface area contributed by atoms with Crippen LogP contribution in [0.15, 0.2) is 18.2 Å². The summed E-state index contributed by atoms with van der Waals surface area (Å²) < 4.78 is 0. The van der Waals surface area contributed by atoms with Crippen molar-refractivity contribution in [2.24, 2.45) is 5.92 Å². The third-order valence-corrected chi connectivity index (χ3v) is 2.59. The van der Waals surface area contributed by atoms with Crippen LogP contribution in [0.25, 0.3) is 0 Å². The molecule has 0 spiro atoms. The van der Waals surface area contributed by atoms with Crippen LogP contribution >= 0.6 is 23.2 Å². The Balaban J connectivity index is 2.37. The van der Waals surface area contributed by atoms with Crippen LogP contribution in [0.5, 0.6) is 0 Å². The molecule has 0 saturated carbocycles. The van der Waals surface area contributed by atoms with E-state index < -0.39 is 0 Å². The van der Waals surface area contributed by atoms with Gasteiger partial charge in [-0.2, -0.15) is 0 Å². The van der Waals surface area contributed by atoms with Gasteiger partial charge < -0.3 is 5.32 Å². The molecule has 0 heterocycles. The highest BCUT2D eigenvalue weighted by Gasteiger charge is 1.98. The summed E-state index contributed by atoms with van der Waals surface area (Å²) in [5.41, 5.74) is 1.14. The smallest absolute Gasteiger partial charge is 0.0424 e. The van der Waals surface area contributed by atoms with Gasteiger partial charge in [0.1, 0.15) is 0 Å². The van der Waals surface area contributed by atoms with Crippen molar-refractivity contribution >= 4 is 23.2 Å². The van der Waals surface area contributed by atoms with Crippen molar-refractivity contribution in [3.05, 3.63) is 33.8 Å². The van der Waals surface area contributed by atoms with Crippen LogP contribution in [0.1, 0.15) is 25.8 Å². The summed E-state index contributed by atoms with van der Waals surface area (Å²) in [6, 6.07) is 5.63. The molecular formula is C12H17Cl2N. The molecule has 1 aromatic carbocycles. The minimum atomic E-state index is 0.697. The van der Waals surface area contributed by atoms with Gasteiger partial charge in [-0.25, -0.2) is 0 Å². The Bertz CT molecular complexity index is 290. The molecule has 0 radical (unpaired) electrons. The average molecular weight is 246 g/mol. The lowest BCUT2D eigenvalue weighted by molar-refractivity contribution is 0.537. The SMILES string of the molecule is CC(C)CCNCc1cc(Cl)cc(Cl)c1. The van der Waals surface area contributed by atoms with Crippen molar-refractivity contribution in [1.82, 2.24) is 5.32 Å². The van der Waals surface area contributed by atoms with E-state index in [0.29, 0.717) is 10.0 Å². The van der Waals surface area contributed by atoms with E-state index in [2.05, 4.69) is 19.2 Å². The third-order valence-electron chi connectivity index (χ3n) is 2.15. The predicted molar refractivity (Wildman–Crippen MR) is 67.6 cm³/mol. The quantitative estimate of drug-likeness (QED) is 0.770. The molecule has 0 atom stereocenters. The van der Waals surface area contributed by atoms with Gasteiger partial charge in [0.25, 0.3) is 0 Å². The molecule has 15 heavy (non-hydrogen) atoms. The van der Waals surface area contributed by atoms with E-state index in [4.69, 9.17) is 23.2 Å². The van der Waals surface area contributed by atoms with Gasteiger partial charge >= 0.3 is 0 Å². The van der Waals surface area contributed by atoms with Gasteiger partial charge in [-0.15, -0.1) is 0 Å². The Labute approximate surface area is 102 Å². The Morgan fingerprint density at radius 1 is 1.13 bits per heavy atom. The summed E-state index contributed by atoms with van der Waals surface area (Å²) in [5, 5.41) is 4.76. The van der Waals surface area contributed by atoms with E-state index in [1.54, 1.807) is 6.07 Å². The van der Waals surface area contributed by atoms with Gasteiger partial charge in [0.15, 0.2) is 0 Å². The summed E-state index contributed by atoms with van der Waals surface area (Å²) in [6.45, 7) is 6.30.